The number of amides is 1. The molecule has 90 valence electrons. The van der Waals surface area contributed by atoms with Gasteiger partial charge in [-0.15, -0.1) is 11.6 Å². The Hall–Kier alpha value is -1.82. The van der Waals surface area contributed by atoms with Crippen molar-refractivity contribution < 1.29 is 9.72 Å². The quantitative estimate of drug-likeness (QED) is 0.375. The van der Waals surface area contributed by atoms with Crippen molar-refractivity contribution in [2.75, 3.05) is 17.2 Å². The zero-order chi connectivity index (χ0) is 12.6. The average molecular weight is 256 g/mol. The molecule has 0 bridgehead atoms. The molecule has 1 amide bonds. The number of alkyl halides is 1. The minimum Gasteiger partial charge on any atom is -0.393 e. The lowest BCUT2D eigenvalue weighted by atomic mass is 10.2. The number of rotatable bonds is 2. The molecule has 0 saturated carbocycles. The summed E-state index contributed by atoms with van der Waals surface area (Å²) in [5.74, 6) is -0.135. The number of nitrogens with zero attached hydrogens (tertiary/aromatic N) is 2. The number of nitro benzene ring substituents is 1. The monoisotopic (exact) mass is 255 g/mol. The molecule has 2 rings (SSSR count). The second-order valence-corrected chi connectivity index (χ2v) is 4.42. The van der Waals surface area contributed by atoms with Gasteiger partial charge in [-0.05, 0) is 12.1 Å². The normalized spacial score (nSPS) is 19.7. The molecule has 1 fully saturated rings. The van der Waals surface area contributed by atoms with Crippen LogP contribution in [0.2, 0.25) is 0 Å². The van der Waals surface area contributed by atoms with Crippen molar-refractivity contribution in [1.29, 1.82) is 0 Å². The van der Waals surface area contributed by atoms with Crippen LogP contribution in [-0.2, 0) is 4.79 Å². The molecular formula is C10H10ClN3O3. The first-order valence-corrected chi connectivity index (χ1v) is 5.41. The van der Waals surface area contributed by atoms with E-state index < -0.39 is 4.92 Å². The van der Waals surface area contributed by atoms with E-state index in [4.69, 9.17) is 17.3 Å². The standard InChI is InChI=1S/C10H10ClN3O3/c11-6-3-10(15)13(5-6)7-1-2-8(12)9(4-7)14(16)17/h1-2,4,6H,3,5,12H2. The number of nitrogens with two attached hydrogens (primary N) is 1. The number of nitro groups is 1. The Morgan fingerprint density at radius 2 is 2.24 bits per heavy atom. The summed E-state index contributed by atoms with van der Waals surface area (Å²) in [7, 11) is 0. The van der Waals surface area contributed by atoms with E-state index in [9.17, 15) is 14.9 Å². The molecule has 0 spiro atoms. The van der Waals surface area contributed by atoms with Gasteiger partial charge in [-0.25, -0.2) is 0 Å². The van der Waals surface area contributed by atoms with Gasteiger partial charge in [-0.3, -0.25) is 14.9 Å². The van der Waals surface area contributed by atoms with Crippen LogP contribution in [0.15, 0.2) is 18.2 Å². The molecule has 6 nitrogen and oxygen atoms in total. The zero-order valence-electron chi connectivity index (χ0n) is 8.80. The maximum atomic E-state index is 11.6. The van der Waals surface area contributed by atoms with Crippen molar-refractivity contribution in [3.05, 3.63) is 28.3 Å². The fourth-order valence-electron chi connectivity index (χ4n) is 1.77. The van der Waals surface area contributed by atoms with Crippen molar-refractivity contribution in [2.24, 2.45) is 0 Å². The zero-order valence-corrected chi connectivity index (χ0v) is 9.55. The third kappa shape index (κ3) is 2.16. The third-order valence-corrected chi connectivity index (χ3v) is 2.89. The second kappa shape index (κ2) is 4.21. The summed E-state index contributed by atoms with van der Waals surface area (Å²) in [6.45, 7) is 0.363. The van der Waals surface area contributed by atoms with Crippen LogP contribution >= 0.6 is 11.6 Å². The lowest BCUT2D eigenvalue weighted by molar-refractivity contribution is -0.383. The summed E-state index contributed by atoms with van der Waals surface area (Å²) in [5.41, 5.74) is 5.81. The molecule has 0 radical (unpaired) electrons. The summed E-state index contributed by atoms with van der Waals surface area (Å²) in [6, 6.07) is 4.29. The Kier molecular flexibility index (Phi) is 2.89. The molecule has 1 heterocycles. The van der Waals surface area contributed by atoms with Crippen molar-refractivity contribution in [1.82, 2.24) is 0 Å². The summed E-state index contributed by atoms with van der Waals surface area (Å²) >= 11 is 5.86. The molecule has 1 unspecified atom stereocenters. The maximum absolute atomic E-state index is 11.6. The molecule has 1 aliphatic rings. The van der Waals surface area contributed by atoms with E-state index in [-0.39, 0.29) is 29.1 Å². The van der Waals surface area contributed by atoms with Crippen LogP contribution in [0.1, 0.15) is 6.42 Å². The van der Waals surface area contributed by atoms with Crippen molar-refractivity contribution in [3.8, 4) is 0 Å². The molecule has 0 aliphatic carbocycles. The molecule has 0 aromatic heterocycles. The highest BCUT2D eigenvalue weighted by Crippen LogP contribution is 2.30. The molecule has 1 aromatic rings. The topological polar surface area (TPSA) is 89.5 Å². The largest absolute Gasteiger partial charge is 0.393 e. The number of hydrogen-bond donors (Lipinski definition) is 1. The van der Waals surface area contributed by atoms with Gasteiger partial charge in [0.15, 0.2) is 0 Å². The van der Waals surface area contributed by atoms with Gasteiger partial charge >= 0.3 is 0 Å². The molecule has 1 aromatic carbocycles. The first-order chi connectivity index (χ1) is 7.99. The number of nitrogen functional groups attached to an aromatic ring is 1. The van der Waals surface area contributed by atoms with E-state index in [1.807, 2.05) is 0 Å². The number of benzene rings is 1. The maximum Gasteiger partial charge on any atom is 0.294 e. The Morgan fingerprint density at radius 3 is 2.76 bits per heavy atom. The van der Waals surface area contributed by atoms with Crippen molar-refractivity contribution in [2.45, 2.75) is 11.8 Å². The Labute approximate surface area is 102 Å². The summed E-state index contributed by atoms with van der Waals surface area (Å²) in [5, 5.41) is 10.5. The molecule has 7 heteroatoms. The SMILES string of the molecule is Nc1ccc(N2CC(Cl)CC2=O)cc1[N+](=O)[O-]. The van der Waals surface area contributed by atoms with Gasteiger partial charge < -0.3 is 10.6 Å². The van der Waals surface area contributed by atoms with E-state index in [1.54, 1.807) is 6.07 Å². The Balaban J connectivity index is 2.37. The van der Waals surface area contributed by atoms with E-state index in [0.29, 0.717) is 12.2 Å². The summed E-state index contributed by atoms with van der Waals surface area (Å²) < 4.78 is 0. The third-order valence-electron chi connectivity index (χ3n) is 2.60. The molecule has 1 atom stereocenters. The number of carbonyl (C=O) groups excluding carboxylic acids is 1. The van der Waals surface area contributed by atoms with Gasteiger partial charge in [-0.1, -0.05) is 0 Å². The lowest BCUT2D eigenvalue weighted by Gasteiger charge is -2.15. The highest BCUT2D eigenvalue weighted by Gasteiger charge is 2.30. The minimum atomic E-state index is -0.572. The highest BCUT2D eigenvalue weighted by atomic mass is 35.5. The van der Waals surface area contributed by atoms with Crippen molar-refractivity contribution >= 4 is 34.6 Å². The van der Waals surface area contributed by atoms with Crippen LogP contribution in [0.3, 0.4) is 0 Å². The molecule has 1 aliphatic heterocycles. The first kappa shape index (κ1) is 11.7. The van der Waals surface area contributed by atoms with E-state index in [0.717, 1.165) is 0 Å². The van der Waals surface area contributed by atoms with E-state index in [1.165, 1.54) is 17.0 Å². The second-order valence-electron chi connectivity index (χ2n) is 3.81. The van der Waals surface area contributed by atoms with Crippen LogP contribution in [0, 0.1) is 10.1 Å². The number of carbonyl (C=O) groups is 1. The predicted molar refractivity (Wildman–Crippen MR) is 64.1 cm³/mol. The van der Waals surface area contributed by atoms with Gasteiger partial charge in [0.25, 0.3) is 5.69 Å². The minimum absolute atomic E-state index is 0.0767. The predicted octanol–water partition coefficient (Wildman–Crippen LogP) is 1.52. The Bertz CT molecular complexity index is 492. The van der Waals surface area contributed by atoms with Crippen molar-refractivity contribution in [3.63, 3.8) is 0 Å². The van der Waals surface area contributed by atoms with Crippen LogP contribution in [0.4, 0.5) is 17.1 Å². The molecule has 17 heavy (non-hydrogen) atoms. The van der Waals surface area contributed by atoms with E-state index >= 15 is 0 Å². The average Bonchev–Trinajstić information content (AvgIpc) is 2.58. The molecular weight excluding hydrogens is 246 g/mol. The van der Waals surface area contributed by atoms with Crippen LogP contribution in [0.5, 0.6) is 0 Å². The summed E-state index contributed by atoms with van der Waals surface area (Å²) in [4.78, 5) is 23.2. The molecule has 1 saturated heterocycles. The molecule has 2 N–H and O–H groups in total. The van der Waals surface area contributed by atoms with Gasteiger partial charge in [0, 0.05) is 19.0 Å². The highest BCUT2D eigenvalue weighted by molar-refractivity contribution is 6.24. The Morgan fingerprint density at radius 1 is 1.53 bits per heavy atom. The van der Waals surface area contributed by atoms with Crippen LogP contribution in [0.25, 0.3) is 0 Å². The van der Waals surface area contributed by atoms with Gasteiger partial charge in [0.2, 0.25) is 5.91 Å². The van der Waals surface area contributed by atoms with Gasteiger partial charge in [-0.2, -0.15) is 0 Å². The lowest BCUT2D eigenvalue weighted by Crippen LogP contribution is -2.24. The fraction of sp³-hybridized carbons (Fsp3) is 0.300. The smallest absolute Gasteiger partial charge is 0.294 e. The summed E-state index contributed by atoms with van der Waals surface area (Å²) in [6.07, 6.45) is 0.250. The van der Waals surface area contributed by atoms with Crippen LogP contribution < -0.4 is 10.6 Å². The fourth-order valence-corrected chi connectivity index (χ4v) is 2.04. The number of hydrogen-bond acceptors (Lipinski definition) is 4. The number of anilines is 2. The number of halogens is 1. The van der Waals surface area contributed by atoms with E-state index in [2.05, 4.69) is 0 Å². The van der Waals surface area contributed by atoms with Gasteiger partial charge in [0.1, 0.15) is 5.69 Å². The first-order valence-electron chi connectivity index (χ1n) is 4.97. The van der Waals surface area contributed by atoms with Crippen LogP contribution in [-0.4, -0.2) is 22.8 Å². The van der Waals surface area contributed by atoms with Gasteiger partial charge in [0.05, 0.1) is 16.0 Å².